The average molecular weight is 302 g/mol. The molecule has 1 rings (SSSR count). The lowest BCUT2D eigenvalue weighted by Gasteiger charge is -2.39. The van der Waals surface area contributed by atoms with Crippen molar-refractivity contribution in [1.82, 2.24) is 10.6 Å². The molecule has 0 spiro atoms. The molecule has 0 radical (unpaired) electrons. The van der Waals surface area contributed by atoms with Crippen LogP contribution in [-0.2, 0) is 9.59 Å². The molecule has 1 unspecified atom stereocenters. The zero-order valence-electron chi connectivity index (χ0n) is 11.7. The summed E-state index contributed by atoms with van der Waals surface area (Å²) >= 11 is 6.59. The molecular formula is C13H22N2O2S2. The maximum atomic E-state index is 12.3. The zero-order valence-corrected chi connectivity index (χ0v) is 13.4. The van der Waals surface area contributed by atoms with Crippen LogP contribution in [0.5, 0.6) is 0 Å². The normalized spacial score (nSPS) is 19.8. The van der Waals surface area contributed by atoms with Gasteiger partial charge in [0.1, 0.15) is 5.41 Å². The Labute approximate surface area is 124 Å². The second kappa shape index (κ2) is 7.24. The maximum absolute atomic E-state index is 12.3. The molecule has 0 aromatic rings. The highest BCUT2D eigenvalue weighted by atomic mass is 32.2. The second-order valence-electron chi connectivity index (χ2n) is 4.68. The van der Waals surface area contributed by atoms with Crippen molar-refractivity contribution in [2.75, 3.05) is 5.75 Å². The predicted octanol–water partition coefficient (Wildman–Crippen LogP) is 2.23. The minimum atomic E-state index is -0.991. The summed E-state index contributed by atoms with van der Waals surface area (Å²) in [6, 6.07) is 0. The van der Waals surface area contributed by atoms with Crippen molar-refractivity contribution in [3.63, 3.8) is 0 Å². The van der Waals surface area contributed by atoms with E-state index < -0.39 is 5.41 Å². The predicted molar refractivity (Wildman–Crippen MR) is 83.1 cm³/mol. The lowest BCUT2D eigenvalue weighted by molar-refractivity contribution is -0.143. The standard InChI is InChI=1S/C13H22N2O2S2/c1-4-7-8-19-9(5-2)13(6-3)10(16)14-12(18)15-11(13)17/h9H,4-8H2,1-3H3,(H2,14,15,16,17,18). The van der Waals surface area contributed by atoms with Gasteiger partial charge < -0.3 is 10.6 Å². The number of amides is 2. The summed E-state index contributed by atoms with van der Waals surface area (Å²) in [6.07, 6.45) is 3.49. The summed E-state index contributed by atoms with van der Waals surface area (Å²) in [6.45, 7) is 6.04. The van der Waals surface area contributed by atoms with Gasteiger partial charge in [-0.2, -0.15) is 11.8 Å². The highest BCUT2D eigenvalue weighted by molar-refractivity contribution is 8.00. The molecule has 1 fully saturated rings. The van der Waals surface area contributed by atoms with Crippen molar-refractivity contribution in [2.24, 2.45) is 5.41 Å². The monoisotopic (exact) mass is 302 g/mol. The van der Waals surface area contributed by atoms with E-state index in [9.17, 15) is 9.59 Å². The number of carbonyl (C=O) groups excluding carboxylic acids is 2. The largest absolute Gasteiger partial charge is 0.302 e. The van der Waals surface area contributed by atoms with Crippen molar-refractivity contribution >= 4 is 40.9 Å². The first-order valence-corrected chi connectivity index (χ1v) is 8.27. The quantitative estimate of drug-likeness (QED) is 0.430. The Balaban J connectivity index is 2.95. The minimum Gasteiger partial charge on any atom is -0.302 e. The van der Waals surface area contributed by atoms with E-state index in [1.807, 2.05) is 13.8 Å². The van der Waals surface area contributed by atoms with E-state index >= 15 is 0 Å². The Morgan fingerprint density at radius 3 is 2.21 bits per heavy atom. The van der Waals surface area contributed by atoms with E-state index in [1.54, 1.807) is 11.8 Å². The molecule has 6 heteroatoms. The number of thioether (sulfide) groups is 1. The molecule has 4 nitrogen and oxygen atoms in total. The molecule has 1 heterocycles. The van der Waals surface area contributed by atoms with Gasteiger partial charge in [-0.25, -0.2) is 0 Å². The molecule has 1 aliphatic rings. The summed E-state index contributed by atoms with van der Waals surface area (Å²) < 4.78 is 0. The topological polar surface area (TPSA) is 58.2 Å². The van der Waals surface area contributed by atoms with Crippen LogP contribution in [0.1, 0.15) is 46.5 Å². The van der Waals surface area contributed by atoms with Crippen molar-refractivity contribution in [3.05, 3.63) is 0 Å². The van der Waals surface area contributed by atoms with Gasteiger partial charge >= 0.3 is 0 Å². The number of hydrogen-bond acceptors (Lipinski definition) is 4. The zero-order chi connectivity index (χ0) is 14.5. The number of rotatable bonds is 7. The Hall–Kier alpha value is -0.620. The SMILES string of the molecule is CCCCSC(CC)C1(CC)C(=O)NC(=S)NC1=O. The summed E-state index contributed by atoms with van der Waals surface area (Å²) in [5, 5.41) is 5.32. The third-order valence-corrected chi connectivity index (χ3v) is 5.43. The molecular weight excluding hydrogens is 280 g/mol. The van der Waals surface area contributed by atoms with Gasteiger partial charge in [0.15, 0.2) is 5.11 Å². The fourth-order valence-electron chi connectivity index (χ4n) is 2.38. The first-order chi connectivity index (χ1) is 9.02. The van der Waals surface area contributed by atoms with Gasteiger partial charge in [0.25, 0.3) is 0 Å². The van der Waals surface area contributed by atoms with Crippen LogP contribution in [0.3, 0.4) is 0 Å². The first-order valence-electron chi connectivity index (χ1n) is 6.81. The first kappa shape index (κ1) is 16.4. The van der Waals surface area contributed by atoms with E-state index in [-0.39, 0.29) is 22.2 Å². The van der Waals surface area contributed by atoms with Gasteiger partial charge in [-0.05, 0) is 37.2 Å². The molecule has 19 heavy (non-hydrogen) atoms. The molecule has 1 atom stereocenters. The Morgan fingerprint density at radius 1 is 1.21 bits per heavy atom. The number of hydrogen-bond donors (Lipinski definition) is 2. The van der Waals surface area contributed by atoms with Crippen molar-refractivity contribution < 1.29 is 9.59 Å². The number of thiocarbonyl (C=S) groups is 1. The maximum Gasteiger partial charge on any atom is 0.242 e. The second-order valence-corrected chi connectivity index (χ2v) is 6.40. The van der Waals surface area contributed by atoms with Crippen LogP contribution in [0.15, 0.2) is 0 Å². The van der Waals surface area contributed by atoms with Crippen LogP contribution in [0.4, 0.5) is 0 Å². The molecule has 0 saturated carbocycles. The van der Waals surface area contributed by atoms with Gasteiger partial charge in [-0.15, -0.1) is 0 Å². The molecule has 2 amide bonds. The molecule has 0 aromatic heterocycles. The number of unbranched alkanes of at least 4 members (excludes halogenated alkanes) is 1. The van der Waals surface area contributed by atoms with Crippen molar-refractivity contribution in [1.29, 1.82) is 0 Å². The van der Waals surface area contributed by atoms with Crippen LogP contribution in [0.25, 0.3) is 0 Å². The van der Waals surface area contributed by atoms with E-state index in [1.165, 1.54) is 0 Å². The molecule has 1 aliphatic heterocycles. The highest BCUT2D eigenvalue weighted by Gasteiger charge is 2.52. The third kappa shape index (κ3) is 3.28. The van der Waals surface area contributed by atoms with Gasteiger partial charge in [0, 0.05) is 5.25 Å². The smallest absolute Gasteiger partial charge is 0.242 e. The van der Waals surface area contributed by atoms with Crippen molar-refractivity contribution in [3.8, 4) is 0 Å². The van der Waals surface area contributed by atoms with Crippen LogP contribution in [0.2, 0.25) is 0 Å². The summed E-state index contributed by atoms with van der Waals surface area (Å²) in [5.41, 5.74) is -0.991. The van der Waals surface area contributed by atoms with Gasteiger partial charge in [-0.1, -0.05) is 27.2 Å². The Morgan fingerprint density at radius 2 is 1.79 bits per heavy atom. The fraction of sp³-hybridized carbons (Fsp3) is 0.769. The van der Waals surface area contributed by atoms with Crippen molar-refractivity contribution in [2.45, 2.75) is 51.7 Å². The Kier molecular flexibility index (Phi) is 6.26. The molecule has 108 valence electrons. The molecule has 2 N–H and O–H groups in total. The van der Waals surface area contributed by atoms with E-state index in [4.69, 9.17) is 12.2 Å². The lowest BCUT2D eigenvalue weighted by Crippen LogP contribution is -2.65. The van der Waals surface area contributed by atoms with E-state index in [0.717, 1.165) is 25.0 Å². The van der Waals surface area contributed by atoms with Crippen LogP contribution in [0, 0.1) is 5.41 Å². The summed E-state index contributed by atoms with van der Waals surface area (Å²) in [7, 11) is 0. The van der Waals surface area contributed by atoms with E-state index in [2.05, 4.69) is 17.6 Å². The number of nitrogens with one attached hydrogen (secondary N) is 2. The molecule has 0 aromatic carbocycles. The van der Waals surface area contributed by atoms with Gasteiger partial charge in [0.05, 0.1) is 0 Å². The van der Waals surface area contributed by atoms with Crippen LogP contribution in [-0.4, -0.2) is 27.9 Å². The van der Waals surface area contributed by atoms with Gasteiger partial charge in [-0.3, -0.25) is 9.59 Å². The summed E-state index contributed by atoms with van der Waals surface area (Å²) in [5.74, 6) is 0.473. The van der Waals surface area contributed by atoms with Crippen LogP contribution >= 0.6 is 24.0 Å². The van der Waals surface area contributed by atoms with E-state index in [0.29, 0.717) is 6.42 Å². The Bertz CT molecular complexity index is 352. The molecule has 0 aliphatic carbocycles. The molecule has 1 saturated heterocycles. The third-order valence-electron chi connectivity index (χ3n) is 3.56. The highest BCUT2D eigenvalue weighted by Crippen LogP contribution is 2.39. The average Bonchev–Trinajstić information content (AvgIpc) is 2.36. The summed E-state index contributed by atoms with van der Waals surface area (Å²) in [4.78, 5) is 24.7. The fourth-order valence-corrected chi connectivity index (χ4v) is 4.21. The molecule has 0 bridgehead atoms. The van der Waals surface area contributed by atoms with Gasteiger partial charge in [0.2, 0.25) is 11.8 Å². The number of carbonyl (C=O) groups is 2. The lowest BCUT2D eigenvalue weighted by atomic mass is 9.77. The van der Waals surface area contributed by atoms with Crippen LogP contribution < -0.4 is 10.6 Å². The minimum absolute atomic E-state index is 0.00727.